The fraction of sp³-hybridized carbons (Fsp3) is 0.381. The summed E-state index contributed by atoms with van der Waals surface area (Å²) in [4.78, 5) is 12.8. The van der Waals surface area contributed by atoms with Crippen LogP contribution < -0.4 is 5.32 Å². The van der Waals surface area contributed by atoms with Gasteiger partial charge in [0.1, 0.15) is 0 Å². The Balaban J connectivity index is 1.75. The summed E-state index contributed by atoms with van der Waals surface area (Å²) in [6, 6.07) is 12.1. The van der Waals surface area contributed by atoms with Gasteiger partial charge in [-0.25, -0.2) is 8.42 Å². The van der Waals surface area contributed by atoms with E-state index in [4.69, 9.17) is 0 Å². The van der Waals surface area contributed by atoms with Crippen molar-refractivity contribution in [3.8, 4) is 0 Å². The Morgan fingerprint density at radius 1 is 1.11 bits per heavy atom. The normalized spacial score (nSPS) is 18.3. The highest BCUT2D eigenvalue weighted by atomic mass is 32.2. The molecule has 1 amide bonds. The van der Waals surface area contributed by atoms with E-state index in [1.165, 1.54) is 0 Å². The fourth-order valence-electron chi connectivity index (χ4n) is 3.40. The molecule has 2 aromatic rings. The quantitative estimate of drug-likeness (QED) is 0.864. The monoisotopic (exact) mass is 386 g/mol. The summed E-state index contributed by atoms with van der Waals surface area (Å²) in [5.41, 5.74) is 3.11. The molecule has 1 unspecified atom stereocenters. The first kappa shape index (κ1) is 19.6. The van der Waals surface area contributed by atoms with Crippen LogP contribution in [0.15, 0.2) is 47.4 Å². The highest BCUT2D eigenvalue weighted by molar-refractivity contribution is 7.89. The van der Waals surface area contributed by atoms with Crippen molar-refractivity contribution in [3.63, 3.8) is 0 Å². The zero-order valence-electron chi connectivity index (χ0n) is 16.0. The molecule has 1 N–H and O–H groups in total. The van der Waals surface area contributed by atoms with Crippen LogP contribution in [0.2, 0.25) is 0 Å². The number of nitrogens with one attached hydrogen (secondary N) is 1. The van der Waals surface area contributed by atoms with Crippen LogP contribution in [-0.4, -0.2) is 31.7 Å². The molecule has 0 aliphatic carbocycles. The molecule has 1 saturated heterocycles. The van der Waals surface area contributed by atoms with Gasteiger partial charge in [0.05, 0.1) is 4.90 Å². The molecule has 144 valence electrons. The maximum absolute atomic E-state index is 12.8. The van der Waals surface area contributed by atoms with Gasteiger partial charge in [0.15, 0.2) is 0 Å². The van der Waals surface area contributed by atoms with Gasteiger partial charge in [-0.05, 0) is 68.5 Å². The summed E-state index contributed by atoms with van der Waals surface area (Å²) in [5, 5.41) is 2.84. The molecular formula is C21H26N2O3S. The molecule has 1 heterocycles. The van der Waals surface area contributed by atoms with E-state index in [1.807, 2.05) is 32.0 Å². The first-order chi connectivity index (χ1) is 12.8. The molecule has 1 atom stereocenters. The number of piperidine rings is 1. The van der Waals surface area contributed by atoms with E-state index in [2.05, 4.69) is 12.2 Å². The minimum absolute atomic E-state index is 0.198. The van der Waals surface area contributed by atoms with Gasteiger partial charge in [-0.1, -0.05) is 24.6 Å². The molecule has 0 aromatic heterocycles. The lowest BCUT2D eigenvalue weighted by Crippen LogP contribution is -2.39. The van der Waals surface area contributed by atoms with Crippen LogP contribution in [0.1, 0.15) is 41.3 Å². The standard InChI is InChI=1S/C21H26N2O3S/c1-15-6-7-17(3)20(13-15)21(24)22-18-8-10-19(11-9-18)27(25,26)23-12-4-5-16(2)14-23/h6-11,13,16H,4-5,12,14H2,1-3H3,(H,22,24). The van der Waals surface area contributed by atoms with Gasteiger partial charge >= 0.3 is 0 Å². The largest absolute Gasteiger partial charge is 0.322 e. The topological polar surface area (TPSA) is 66.5 Å². The van der Waals surface area contributed by atoms with Gasteiger partial charge in [0, 0.05) is 24.3 Å². The van der Waals surface area contributed by atoms with Crippen molar-refractivity contribution in [2.45, 2.75) is 38.5 Å². The van der Waals surface area contributed by atoms with E-state index in [-0.39, 0.29) is 10.8 Å². The van der Waals surface area contributed by atoms with Crippen LogP contribution in [0, 0.1) is 19.8 Å². The van der Waals surface area contributed by atoms with Crippen LogP contribution >= 0.6 is 0 Å². The molecule has 0 bridgehead atoms. The van der Waals surface area contributed by atoms with Crippen LogP contribution in [0.5, 0.6) is 0 Å². The summed E-state index contributed by atoms with van der Waals surface area (Å²) in [7, 11) is -3.48. The average molecular weight is 387 g/mol. The maximum Gasteiger partial charge on any atom is 0.255 e. The zero-order chi connectivity index (χ0) is 19.6. The van der Waals surface area contributed by atoms with Crippen molar-refractivity contribution >= 4 is 21.6 Å². The number of hydrogen-bond acceptors (Lipinski definition) is 3. The van der Waals surface area contributed by atoms with Crippen LogP contribution in [0.3, 0.4) is 0 Å². The Bertz CT molecular complexity index is 936. The summed E-state index contributed by atoms with van der Waals surface area (Å²) in [5.74, 6) is 0.182. The van der Waals surface area contributed by atoms with Crippen molar-refractivity contribution in [1.29, 1.82) is 0 Å². The summed E-state index contributed by atoms with van der Waals surface area (Å²) in [6.07, 6.45) is 1.96. The number of carbonyl (C=O) groups is 1. The molecule has 0 saturated carbocycles. The highest BCUT2D eigenvalue weighted by Crippen LogP contribution is 2.24. The number of aryl methyl sites for hydroxylation is 2. The SMILES string of the molecule is Cc1ccc(C)c(C(=O)Nc2ccc(S(=O)(=O)N3CCCC(C)C3)cc2)c1. The van der Waals surface area contributed by atoms with E-state index in [0.29, 0.717) is 30.3 Å². The van der Waals surface area contributed by atoms with Gasteiger partial charge in [-0.15, -0.1) is 0 Å². The summed E-state index contributed by atoms with van der Waals surface area (Å²) < 4.78 is 27.2. The van der Waals surface area contributed by atoms with Gasteiger partial charge in [-0.2, -0.15) is 4.31 Å². The number of amides is 1. The average Bonchev–Trinajstić information content (AvgIpc) is 2.64. The van der Waals surface area contributed by atoms with Crippen LogP contribution in [0.25, 0.3) is 0 Å². The lowest BCUT2D eigenvalue weighted by Gasteiger charge is -2.30. The van der Waals surface area contributed by atoms with E-state index in [9.17, 15) is 13.2 Å². The van der Waals surface area contributed by atoms with E-state index in [1.54, 1.807) is 28.6 Å². The van der Waals surface area contributed by atoms with Gasteiger partial charge in [0.2, 0.25) is 10.0 Å². The van der Waals surface area contributed by atoms with Crippen molar-refractivity contribution < 1.29 is 13.2 Å². The third kappa shape index (κ3) is 4.39. The molecule has 2 aromatic carbocycles. The van der Waals surface area contributed by atoms with E-state index in [0.717, 1.165) is 24.0 Å². The molecular weight excluding hydrogens is 360 g/mol. The number of carbonyl (C=O) groups excluding carboxylic acids is 1. The Morgan fingerprint density at radius 3 is 2.48 bits per heavy atom. The van der Waals surface area contributed by atoms with Crippen molar-refractivity contribution in [1.82, 2.24) is 4.31 Å². The molecule has 1 aliphatic rings. The van der Waals surface area contributed by atoms with Gasteiger partial charge in [-0.3, -0.25) is 4.79 Å². The second kappa shape index (κ2) is 7.82. The Kier molecular flexibility index (Phi) is 5.67. The predicted octanol–water partition coefficient (Wildman–Crippen LogP) is 3.98. The number of hydrogen-bond donors (Lipinski definition) is 1. The number of nitrogens with zero attached hydrogens (tertiary/aromatic N) is 1. The lowest BCUT2D eigenvalue weighted by molar-refractivity contribution is 0.102. The van der Waals surface area contributed by atoms with Crippen LogP contribution in [0.4, 0.5) is 5.69 Å². The summed E-state index contributed by atoms with van der Waals surface area (Å²) >= 11 is 0. The number of anilines is 1. The number of sulfonamides is 1. The van der Waals surface area contributed by atoms with Gasteiger partial charge in [0.25, 0.3) is 5.91 Å². The zero-order valence-corrected chi connectivity index (χ0v) is 16.8. The predicted molar refractivity (Wildman–Crippen MR) is 107 cm³/mol. The molecule has 6 heteroatoms. The highest BCUT2D eigenvalue weighted by Gasteiger charge is 2.28. The Hall–Kier alpha value is -2.18. The smallest absolute Gasteiger partial charge is 0.255 e. The molecule has 1 fully saturated rings. The van der Waals surface area contributed by atoms with Crippen molar-refractivity contribution in [3.05, 3.63) is 59.2 Å². The first-order valence-corrected chi connectivity index (χ1v) is 10.7. The number of benzene rings is 2. The molecule has 27 heavy (non-hydrogen) atoms. The molecule has 1 aliphatic heterocycles. The summed E-state index contributed by atoms with van der Waals surface area (Å²) in [6.45, 7) is 7.04. The Labute approximate surface area is 161 Å². The third-order valence-electron chi connectivity index (χ3n) is 5.01. The van der Waals surface area contributed by atoms with E-state index >= 15 is 0 Å². The second-order valence-corrected chi connectivity index (χ2v) is 9.35. The minimum Gasteiger partial charge on any atom is -0.322 e. The number of rotatable bonds is 4. The Morgan fingerprint density at radius 2 is 1.81 bits per heavy atom. The lowest BCUT2D eigenvalue weighted by atomic mass is 10.0. The van der Waals surface area contributed by atoms with Crippen molar-refractivity contribution in [2.75, 3.05) is 18.4 Å². The van der Waals surface area contributed by atoms with E-state index < -0.39 is 10.0 Å². The third-order valence-corrected chi connectivity index (χ3v) is 6.89. The second-order valence-electron chi connectivity index (χ2n) is 7.41. The van der Waals surface area contributed by atoms with Crippen LogP contribution in [-0.2, 0) is 10.0 Å². The molecule has 3 rings (SSSR count). The molecule has 5 nitrogen and oxygen atoms in total. The minimum atomic E-state index is -3.48. The molecule has 0 spiro atoms. The first-order valence-electron chi connectivity index (χ1n) is 9.26. The van der Waals surface area contributed by atoms with Crippen molar-refractivity contribution in [2.24, 2.45) is 5.92 Å². The fourth-order valence-corrected chi connectivity index (χ4v) is 5.00. The van der Waals surface area contributed by atoms with Gasteiger partial charge < -0.3 is 5.32 Å². The maximum atomic E-state index is 12.8. The molecule has 0 radical (unpaired) electrons.